The third-order valence-electron chi connectivity index (χ3n) is 2.12. The maximum atomic E-state index is 12.0. The van der Waals surface area contributed by atoms with Crippen LogP contribution in [0.4, 0.5) is 13.2 Å². The van der Waals surface area contributed by atoms with E-state index in [0.717, 1.165) is 0 Å². The largest absolute Gasteiger partial charge is 0.493 e. The van der Waals surface area contributed by atoms with Crippen LogP contribution in [0, 0.1) is 0 Å². The van der Waals surface area contributed by atoms with E-state index in [1.165, 1.54) is 25.3 Å². The Morgan fingerprint density at radius 2 is 2.00 bits per heavy atom. The van der Waals surface area contributed by atoms with E-state index in [0.29, 0.717) is 11.3 Å². The normalized spacial score (nSPS) is 12.4. The number of benzene rings is 1. The summed E-state index contributed by atoms with van der Waals surface area (Å²) >= 11 is 0. The Bertz CT molecular complexity index is 444. The Morgan fingerprint density at radius 3 is 2.50 bits per heavy atom. The van der Waals surface area contributed by atoms with Crippen molar-refractivity contribution in [3.63, 3.8) is 0 Å². The zero-order valence-electron chi connectivity index (χ0n) is 9.78. The molecule has 0 unspecified atom stereocenters. The van der Waals surface area contributed by atoms with E-state index in [1.54, 1.807) is 6.92 Å². The third kappa shape index (κ3) is 3.83. The summed E-state index contributed by atoms with van der Waals surface area (Å²) in [6.45, 7) is 0.154. The van der Waals surface area contributed by atoms with Gasteiger partial charge in [-0.3, -0.25) is 0 Å². The van der Waals surface area contributed by atoms with Crippen molar-refractivity contribution in [1.29, 1.82) is 0 Å². The molecule has 1 rings (SSSR count). The highest BCUT2D eigenvalue weighted by molar-refractivity contribution is 5.98. The Morgan fingerprint density at radius 1 is 1.33 bits per heavy atom. The van der Waals surface area contributed by atoms with Gasteiger partial charge in [-0.25, -0.2) is 0 Å². The highest BCUT2D eigenvalue weighted by Crippen LogP contribution is 2.29. The Hall–Kier alpha value is -1.92. The summed E-state index contributed by atoms with van der Waals surface area (Å²) in [5, 5.41) is 11.6. The molecule has 0 aliphatic heterocycles. The minimum absolute atomic E-state index is 0.0238. The molecular formula is C11H12F3NO3. The first-order chi connectivity index (χ1) is 8.37. The van der Waals surface area contributed by atoms with E-state index in [-0.39, 0.29) is 11.5 Å². The summed E-state index contributed by atoms with van der Waals surface area (Å²) in [6, 6.07) is 4.23. The van der Waals surface area contributed by atoms with Crippen LogP contribution in [0.5, 0.6) is 11.5 Å². The van der Waals surface area contributed by atoms with Gasteiger partial charge in [-0.05, 0) is 25.1 Å². The number of rotatable bonds is 4. The first-order valence-corrected chi connectivity index (χ1v) is 4.94. The van der Waals surface area contributed by atoms with Gasteiger partial charge in [0.2, 0.25) is 0 Å². The van der Waals surface area contributed by atoms with Gasteiger partial charge in [0.25, 0.3) is 0 Å². The van der Waals surface area contributed by atoms with Crippen LogP contribution in [-0.2, 0) is 0 Å². The van der Waals surface area contributed by atoms with E-state index in [4.69, 9.17) is 9.94 Å². The van der Waals surface area contributed by atoms with Crippen LogP contribution in [0.1, 0.15) is 12.5 Å². The number of alkyl halides is 3. The number of nitrogens with zero attached hydrogens (tertiary/aromatic N) is 1. The monoisotopic (exact) mass is 263 g/mol. The molecule has 0 aliphatic rings. The standard InChI is InChI=1S/C11H12F3NO3/c1-7(15-16)8-3-4-9(10(5-8)17-2)18-6-11(12,13)14/h3-5,16H,6H2,1-2H3. The molecule has 0 amide bonds. The molecule has 0 bridgehead atoms. The molecule has 0 saturated carbocycles. The van der Waals surface area contributed by atoms with Crippen LogP contribution in [0.15, 0.2) is 23.4 Å². The lowest BCUT2D eigenvalue weighted by molar-refractivity contribution is -0.153. The Labute approximate surface area is 102 Å². The second-order valence-corrected chi connectivity index (χ2v) is 3.45. The molecule has 0 saturated heterocycles. The predicted molar refractivity (Wildman–Crippen MR) is 58.5 cm³/mol. The van der Waals surface area contributed by atoms with Crippen LogP contribution in [0.25, 0.3) is 0 Å². The quantitative estimate of drug-likeness (QED) is 0.516. The van der Waals surface area contributed by atoms with Crippen molar-refractivity contribution in [3.05, 3.63) is 23.8 Å². The molecule has 0 aromatic heterocycles. The fraction of sp³-hybridized carbons (Fsp3) is 0.364. The van der Waals surface area contributed by atoms with Gasteiger partial charge in [-0.2, -0.15) is 13.2 Å². The third-order valence-corrected chi connectivity index (χ3v) is 2.12. The summed E-state index contributed by atoms with van der Waals surface area (Å²) in [6.07, 6.45) is -4.41. The van der Waals surface area contributed by atoms with Gasteiger partial charge in [0.1, 0.15) is 0 Å². The maximum absolute atomic E-state index is 12.0. The molecule has 1 N–H and O–H groups in total. The average molecular weight is 263 g/mol. The summed E-state index contributed by atoms with van der Waals surface area (Å²) in [5.41, 5.74) is 0.837. The van der Waals surface area contributed by atoms with Crippen LogP contribution < -0.4 is 9.47 Å². The van der Waals surface area contributed by atoms with Gasteiger partial charge in [0.05, 0.1) is 12.8 Å². The topological polar surface area (TPSA) is 51.0 Å². The molecular weight excluding hydrogens is 251 g/mol. The number of oxime groups is 1. The average Bonchev–Trinajstić information content (AvgIpc) is 2.34. The predicted octanol–water partition coefficient (Wildman–Crippen LogP) is 2.83. The van der Waals surface area contributed by atoms with Crippen molar-refractivity contribution < 1.29 is 27.9 Å². The number of hydrogen-bond donors (Lipinski definition) is 1. The van der Waals surface area contributed by atoms with Crippen molar-refractivity contribution in [1.82, 2.24) is 0 Å². The molecule has 4 nitrogen and oxygen atoms in total. The Kier molecular flexibility index (Phi) is 4.41. The van der Waals surface area contributed by atoms with Gasteiger partial charge in [0.15, 0.2) is 18.1 Å². The summed E-state index contributed by atoms with van der Waals surface area (Å²) in [7, 11) is 1.31. The smallest absolute Gasteiger partial charge is 0.422 e. The molecule has 100 valence electrons. The first kappa shape index (κ1) is 14.1. The highest BCUT2D eigenvalue weighted by Gasteiger charge is 2.29. The van der Waals surface area contributed by atoms with Gasteiger partial charge < -0.3 is 14.7 Å². The van der Waals surface area contributed by atoms with Gasteiger partial charge in [-0.15, -0.1) is 0 Å². The lowest BCUT2D eigenvalue weighted by atomic mass is 10.1. The molecule has 7 heteroatoms. The zero-order chi connectivity index (χ0) is 13.8. The molecule has 1 aromatic carbocycles. The molecule has 0 aliphatic carbocycles. The lowest BCUT2D eigenvalue weighted by Crippen LogP contribution is -2.19. The summed E-state index contributed by atoms with van der Waals surface area (Å²) in [5.74, 6) is 0.115. The van der Waals surface area contributed by atoms with Crippen molar-refractivity contribution in [3.8, 4) is 11.5 Å². The van der Waals surface area contributed by atoms with E-state index in [2.05, 4.69) is 9.89 Å². The number of hydrogen-bond acceptors (Lipinski definition) is 4. The van der Waals surface area contributed by atoms with Gasteiger partial charge >= 0.3 is 6.18 Å². The fourth-order valence-electron chi connectivity index (χ4n) is 1.23. The highest BCUT2D eigenvalue weighted by atomic mass is 19.4. The van der Waals surface area contributed by atoms with E-state index >= 15 is 0 Å². The van der Waals surface area contributed by atoms with E-state index in [1.807, 2.05) is 0 Å². The maximum Gasteiger partial charge on any atom is 0.422 e. The number of halogens is 3. The van der Waals surface area contributed by atoms with Crippen LogP contribution in [-0.4, -0.2) is 30.8 Å². The van der Waals surface area contributed by atoms with Crippen molar-refractivity contribution in [2.45, 2.75) is 13.1 Å². The Balaban J connectivity index is 2.94. The summed E-state index contributed by atoms with van der Waals surface area (Å²) in [4.78, 5) is 0. The summed E-state index contributed by atoms with van der Waals surface area (Å²) < 4.78 is 45.6. The second kappa shape index (κ2) is 5.61. The second-order valence-electron chi connectivity index (χ2n) is 3.45. The number of ether oxygens (including phenoxy) is 2. The van der Waals surface area contributed by atoms with Crippen molar-refractivity contribution >= 4 is 5.71 Å². The fourth-order valence-corrected chi connectivity index (χ4v) is 1.23. The molecule has 0 fully saturated rings. The van der Waals surface area contributed by atoms with Gasteiger partial charge in [-0.1, -0.05) is 5.16 Å². The van der Waals surface area contributed by atoms with E-state index in [9.17, 15) is 13.2 Å². The lowest BCUT2D eigenvalue weighted by Gasteiger charge is -2.13. The molecule has 0 radical (unpaired) electrons. The minimum Gasteiger partial charge on any atom is -0.493 e. The van der Waals surface area contributed by atoms with Crippen LogP contribution >= 0.6 is 0 Å². The van der Waals surface area contributed by atoms with Crippen LogP contribution in [0.3, 0.4) is 0 Å². The minimum atomic E-state index is -4.41. The molecule has 0 spiro atoms. The van der Waals surface area contributed by atoms with Crippen LogP contribution in [0.2, 0.25) is 0 Å². The molecule has 0 heterocycles. The SMILES string of the molecule is COc1cc(C(C)=NO)ccc1OCC(F)(F)F. The van der Waals surface area contributed by atoms with Gasteiger partial charge in [0, 0.05) is 5.56 Å². The van der Waals surface area contributed by atoms with E-state index < -0.39 is 12.8 Å². The van der Waals surface area contributed by atoms with Crippen molar-refractivity contribution in [2.75, 3.05) is 13.7 Å². The first-order valence-electron chi connectivity index (χ1n) is 4.94. The zero-order valence-corrected chi connectivity index (χ0v) is 9.78. The van der Waals surface area contributed by atoms with Crippen molar-refractivity contribution in [2.24, 2.45) is 5.16 Å². The number of methoxy groups -OCH3 is 1. The molecule has 1 aromatic rings. The molecule has 18 heavy (non-hydrogen) atoms. The molecule has 0 atom stereocenters.